The number of nitrogens with two attached hydrogens (primary N) is 1. The molecule has 0 bridgehead atoms. The molecule has 1 nitrogen and oxygen atoms in total. The Morgan fingerprint density at radius 3 is 2.35 bits per heavy atom. The van der Waals surface area contributed by atoms with Crippen molar-refractivity contribution in [2.75, 3.05) is 9.86 Å². The Balaban J connectivity index is 2.65. The van der Waals surface area contributed by atoms with E-state index in [2.05, 4.69) is 44.5 Å². The van der Waals surface area contributed by atoms with Crippen LogP contribution in [0.2, 0.25) is 0 Å². The van der Waals surface area contributed by atoms with Gasteiger partial charge >= 0.3 is 135 Å². The third-order valence-electron chi connectivity index (χ3n) is 6.06. The molecule has 0 aromatic heterocycles. The molecule has 0 aliphatic heterocycles. The van der Waals surface area contributed by atoms with Gasteiger partial charge in [-0.2, -0.15) is 0 Å². The summed E-state index contributed by atoms with van der Waals surface area (Å²) in [5, 5.41) is 0. The summed E-state index contributed by atoms with van der Waals surface area (Å²) in [6.45, 7) is 11.8. The Bertz CT molecular complexity index is 300. The van der Waals surface area contributed by atoms with Gasteiger partial charge in [0, 0.05) is 0 Å². The molecule has 2 heteroatoms. The predicted molar refractivity (Wildman–Crippen MR) is 102 cm³/mol. The van der Waals surface area contributed by atoms with Crippen LogP contribution in [0.15, 0.2) is 0 Å². The molecular formula is C18H38IN. The quantitative estimate of drug-likeness (QED) is 0.427. The molecule has 0 aromatic carbocycles. The summed E-state index contributed by atoms with van der Waals surface area (Å²) in [5.74, 6) is 2.67. The molecule has 0 radical (unpaired) electrons. The van der Waals surface area contributed by atoms with Crippen LogP contribution in [0.5, 0.6) is 0 Å². The van der Waals surface area contributed by atoms with Gasteiger partial charge in [-0.25, -0.2) is 0 Å². The molecule has 0 saturated heterocycles. The maximum absolute atomic E-state index is 6.40. The summed E-state index contributed by atoms with van der Waals surface area (Å²) >= 11 is -0.753. The van der Waals surface area contributed by atoms with Crippen molar-refractivity contribution in [2.24, 2.45) is 23.5 Å². The Hall–Kier alpha value is 0.690. The fourth-order valence-corrected chi connectivity index (χ4v) is 9.47. The van der Waals surface area contributed by atoms with Crippen LogP contribution >= 0.6 is 19.8 Å². The van der Waals surface area contributed by atoms with Gasteiger partial charge in [-0.05, 0) is 0 Å². The summed E-state index contributed by atoms with van der Waals surface area (Å²) in [6, 6.07) is 0. The van der Waals surface area contributed by atoms with E-state index in [1.165, 1.54) is 32.1 Å². The molecular weight excluding hydrogens is 357 g/mol. The van der Waals surface area contributed by atoms with Crippen LogP contribution in [0.25, 0.3) is 0 Å². The summed E-state index contributed by atoms with van der Waals surface area (Å²) < 4.78 is 0.774. The van der Waals surface area contributed by atoms with Gasteiger partial charge in [-0.1, -0.05) is 0 Å². The fourth-order valence-electron chi connectivity index (χ4n) is 4.19. The van der Waals surface area contributed by atoms with E-state index in [1.54, 1.807) is 0 Å². The third-order valence-corrected chi connectivity index (χ3v) is 12.3. The number of hydrogen-bond donors (Lipinski definition) is 1. The van der Waals surface area contributed by atoms with Gasteiger partial charge in [0.25, 0.3) is 0 Å². The van der Waals surface area contributed by atoms with E-state index < -0.39 is 19.8 Å². The summed E-state index contributed by atoms with van der Waals surface area (Å²) in [4.78, 5) is 5.19. The van der Waals surface area contributed by atoms with E-state index in [9.17, 15) is 0 Å². The maximum atomic E-state index is 6.40. The third kappa shape index (κ3) is 3.91. The number of unbranched alkanes of at least 4 members (excludes halogenated alkanes) is 1. The SMILES string of the molecule is CCCCC1(I(C)C)CC([C@H](C)CC(C)(N)CC)[C@H]1C. The first-order chi connectivity index (χ1) is 9.20. The zero-order chi connectivity index (χ0) is 15.6. The molecule has 0 aromatic rings. The van der Waals surface area contributed by atoms with Crippen LogP contribution < -0.4 is 5.73 Å². The molecule has 1 aliphatic carbocycles. The minimum absolute atomic E-state index is 0.0392. The van der Waals surface area contributed by atoms with E-state index in [0.29, 0.717) is 0 Å². The van der Waals surface area contributed by atoms with Crippen LogP contribution in [-0.4, -0.2) is 18.8 Å². The number of hydrogen-bond acceptors (Lipinski definition) is 1. The first-order valence-corrected chi connectivity index (χ1v) is 13.9. The summed E-state index contributed by atoms with van der Waals surface area (Å²) in [7, 11) is 0. The summed E-state index contributed by atoms with van der Waals surface area (Å²) in [6.07, 6.45) is 8.09. The van der Waals surface area contributed by atoms with Crippen LogP contribution in [0.4, 0.5) is 0 Å². The van der Waals surface area contributed by atoms with Gasteiger partial charge in [-0.3, -0.25) is 0 Å². The molecule has 3 unspecified atom stereocenters. The zero-order valence-electron chi connectivity index (χ0n) is 14.9. The average molecular weight is 395 g/mol. The predicted octanol–water partition coefficient (Wildman–Crippen LogP) is 5.49. The van der Waals surface area contributed by atoms with Crippen molar-refractivity contribution in [1.82, 2.24) is 0 Å². The summed E-state index contributed by atoms with van der Waals surface area (Å²) in [5.41, 5.74) is 6.44. The average Bonchev–Trinajstić information content (AvgIpc) is 2.36. The van der Waals surface area contributed by atoms with E-state index in [-0.39, 0.29) is 5.54 Å². The van der Waals surface area contributed by atoms with Gasteiger partial charge < -0.3 is 0 Å². The number of alkyl halides is 3. The van der Waals surface area contributed by atoms with Crippen molar-refractivity contribution in [2.45, 2.75) is 82.1 Å². The van der Waals surface area contributed by atoms with Crippen molar-refractivity contribution in [3.05, 3.63) is 0 Å². The van der Waals surface area contributed by atoms with Gasteiger partial charge in [0.05, 0.1) is 0 Å². The minimum atomic E-state index is -0.753. The molecule has 122 valence electrons. The van der Waals surface area contributed by atoms with Crippen molar-refractivity contribution in [3.8, 4) is 0 Å². The van der Waals surface area contributed by atoms with Crippen LogP contribution in [0.3, 0.4) is 0 Å². The Kier molecular flexibility index (Phi) is 6.84. The van der Waals surface area contributed by atoms with E-state index in [4.69, 9.17) is 5.73 Å². The van der Waals surface area contributed by atoms with E-state index >= 15 is 0 Å². The number of rotatable bonds is 8. The van der Waals surface area contributed by atoms with Gasteiger partial charge in [0.15, 0.2) is 0 Å². The topological polar surface area (TPSA) is 26.0 Å². The molecule has 1 saturated carbocycles. The number of halogens is 1. The molecule has 2 N–H and O–H groups in total. The fraction of sp³-hybridized carbons (Fsp3) is 1.00. The zero-order valence-corrected chi connectivity index (χ0v) is 17.1. The van der Waals surface area contributed by atoms with Crippen LogP contribution in [0.1, 0.15) is 73.1 Å². The van der Waals surface area contributed by atoms with Crippen molar-refractivity contribution in [3.63, 3.8) is 0 Å². The Morgan fingerprint density at radius 2 is 1.95 bits per heavy atom. The molecule has 1 fully saturated rings. The van der Waals surface area contributed by atoms with E-state index in [1.807, 2.05) is 0 Å². The molecule has 0 heterocycles. The molecule has 0 spiro atoms. The van der Waals surface area contributed by atoms with E-state index in [0.717, 1.165) is 27.6 Å². The second-order valence-corrected chi connectivity index (χ2v) is 14.2. The monoisotopic (exact) mass is 395 g/mol. The second kappa shape index (κ2) is 7.30. The first-order valence-electron chi connectivity index (χ1n) is 8.49. The molecule has 1 rings (SSSR count). The Morgan fingerprint density at radius 1 is 1.35 bits per heavy atom. The van der Waals surface area contributed by atoms with Crippen molar-refractivity contribution >= 4 is 19.8 Å². The van der Waals surface area contributed by atoms with Gasteiger partial charge in [-0.15, -0.1) is 0 Å². The van der Waals surface area contributed by atoms with Crippen molar-refractivity contribution in [1.29, 1.82) is 0 Å². The normalized spacial score (nSPS) is 35.1. The molecule has 1 aliphatic rings. The molecule has 5 atom stereocenters. The van der Waals surface area contributed by atoms with Gasteiger partial charge in [0.2, 0.25) is 0 Å². The molecule has 20 heavy (non-hydrogen) atoms. The second-order valence-electron chi connectivity index (χ2n) is 7.74. The van der Waals surface area contributed by atoms with Crippen LogP contribution in [-0.2, 0) is 0 Å². The van der Waals surface area contributed by atoms with Gasteiger partial charge in [0.1, 0.15) is 0 Å². The van der Waals surface area contributed by atoms with Crippen LogP contribution in [0, 0.1) is 17.8 Å². The Labute approximate surface area is 135 Å². The first kappa shape index (κ1) is 18.7. The molecule has 0 amide bonds. The van der Waals surface area contributed by atoms with Crippen molar-refractivity contribution < 1.29 is 0 Å². The standard InChI is InChI=1S/C18H38IN/c1-8-10-11-18(19(6)7)13-16(15(18)4)14(3)12-17(5,20)9-2/h14-16H,8-13,20H2,1-7H3/t14-,15-,16?,17?,18?/m1/s1.